The summed E-state index contributed by atoms with van der Waals surface area (Å²) in [5.74, 6) is 0.737. The van der Waals surface area contributed by atoms with Crippen LogP contribution >= 0.6 is 0 Å². The second kappa shape index (κ2) is 7.47. The summed E-state index contributed by atoms with van der Waals surface area (Å²) in [4.78, 5) is 14.6. The van der Waals surface area contributed by atoms with Crippen LogP contribution in [0.1, 0.15) is 30.4 Å². The van der Waals surface area contributed by atoms with Gasteiger partial charge in [0.15, 0.2) is 0 Å². The largest absolute Gasteiger partial charge is 0.497 e. The van der Waals surface area contributed by atoms with Crippen molar-refractivity contribution in [3.63, 3.8) is 0 Å². The van der Waals surface area contributed by atoms with Gasteiger partial charge in [0.05, 0.1) is 7.11 Å². The van der Waals surface area contributed by atoms with E-state index in [1.807, 2.05) is 29.2 Å². The van der Waals surface area contributed by atoms with E-state index in [9.17, 15) is 9.18 Å². The number of carbonyl (C=O) groups excluding carboxylic acids is 1. The Bertz CT molecular complexity index is 678. The van der Waals surface area contributed by atoms with Crippen molar-refractivity contribution < 1.29 is 13.9 Å². The average Bonchev–Trinajstić information content (AvgIpc) is 3.44. The van der Waals surface area contributed by atoms with Crippen molar-refractivity contribution in [2.24, 2.45) is 0 Å². The van der Waals surface area contributed by atoms with Gasteiger partial charge in [-0.3, -0.25) is 4.79 Å². The van der Waals surface area contributed by atoms with Crippen molar-refractivity contribution in [3.05, 3.63) is 65.5 Å². The van der Waals surface area contributed by atoms with Gasteiger partial charge in [0.1, 0.15) is 11.6 Å². The molecule has 0 aliphatic heterocycles. The van der Waals surface area contributed by atoms with E-state index in [2.05, 4.69) is 0 Å². The predicted octanol–water partition coefficient (Wildman–Crippen LogP) is 3.96. The molecule has 0 unspecified atom stereocenters. The third-order valence-electron chi connectivity index (χ3n) is 4.36. The van der Waals surface area contributed by atoms with Crippen LogP contribution in [0.2, 0.25) is 0 Å². The molecule has 0 heterocycles. The van der Waals surface area contributed by atoms with Gasteiger partial charge < -0.3 is 9.64 Å². The maximum Gasteiger partial charge on any atom is 0.223 e. The standard InChI is InChI=1S/C20H22FNO2/c1-24-19-11-4-16(5-12-19)14-22(18-9-10-18)20(23)13-6-15-2-7-17(21)8-3-15/h2-5,7-8,11-12,18H,6,9-10,13-14H2,1H3. The Morgan fingerprint density at radius 3 is 2.29 bits per heavy atom. The number of rotatable bonds is 7. The summed E-state index contributed by atoms with van der Waals surface area (Å²) in [6, 6.07) is 14.6. The van der Waals surface area contributed by atoms with Crippen molar-refractivity contribution >= 4 is 5.91 Å². The average molecular weight is 327 g/mol. The molecule has 126 valence electrons. The molecule has 1 fully saturated rings. The lowest BCUT2D eigenvalue weighted by Gasteiger charge is -2.23. The van der Waals surface area contributed by atoms with Gasteiger partial charge in [0.2, 0.25) is 5.91 Å². The first-order chi connectivity index (χ1) is 11.7. The number of methoxy groups -OCH3 is 1. The van der Waals surface area contributed by atoms with E-state index in [1.165, 1.54) is 12.1 Å². The fraction of sp³-hybridized carbons (Fsp3) is 0.350. The molecule has 0 radical (unpaired) electrons. The van der Waals surface area contributed by atoms with Gasteiger partial charge in [-0.05, 0) is 54.7 Å². The molecule has 0 saturated heterocycles. The van der Waals surface area contributed by atoms with Crippen LogP contribution < -0.4 is 4.74 Å². The zero-order valence-corrected chi connectivity index (χ0v) is 13.9. The Morgan fingerprint density at radius 1 is 1.08 bits per heavy atom. The number of benzene rings is 2. The number of hydrogen-bond acceptors (Lipinski definition) is 2. The highest BCUT2D eigenvalue weighted by atomic mass is 19.1. The minimum atomic E-state index is -0.246. The van der Waals surface area contributed by atoms with E-state index < -0.39 is 0 Å². The molecule has 0 atom stereocenters. The highest BCUT2D eigenvalue weighted by Crippen LogP contribution is 2.29. The van der Waals surface area contributed by atoms with Gasteiger partial charge in [-0.2, -0.15) is 0 Å². The molecular weight excluding hydrogens is 305 g/mol. The van der Waals surface area contributed by atoms with E-state index in [4.69, 9.17) is 4.74 Å². The third-order valence-corrected chi connectivity index (χ3v) is 4.36. The fourth-order valence-electron chi connectivity index (χ4n) is 2.78. The van der Waals surface area contributed by atoms with Crippen LogP contribution in [0.3, 0.4) is 0 Å². The minimum Gasteiger partial charge on any atom is -0.497 e. The van der Waals surface area contributed by atoms with Crippen LogP contribution in [0, 0.1) is 5.82 Å². The van der Waals surface area contributed by atoms with Crippen LogP contribution in [-0.2, 0) is 17.8 Å². The molecule has 0 aromatic heterocycles. The quantitative estimate of drug-likeness (QED) is 0.770. The molecule has 0 spiro atoms. The van der Waals surface area contributed by atoms with Crippen LogP contribution in [0.25, 0.3) is 0 Å². The molecular formula is C20H22FNO2. The Kier molecular flexibility index (Phi) is 5.14. The first-order valence-corrected chi connectivity index (χ1v) is 8.32. The first-order valence-electron chi connectivity index (χ1n) is 8.32. The number of hydrogen-bond donors (Lipinski definition) is 0. The van der Waals surface area contributed by atoms with Crippen LogP contribution in [-0.4, -0.2) is 24.0 Å². The number of amides is 1. The summed E-state index contributed by atoms with van der Waals surface area (Å²) in [7, 11) is 1.64. The molecule has 1 aliphatic rings. The monoisotopic (exact) mass is 327 g/mol. The van der Waals surface area contributed by atoms with Crippen molar-refractivity contribution in [2.45, 2.75) is 38.3 Å². The molecule has 1 amide bonds. The molecule has 0 bridgehead atoms. The van der Waals surface area contributed by atoms with E-state index in [0.717, 1.165) is 29.7 Å². The summed E-state index contributed by atoms with van der Waals surface area (Å²) in [6.45, 7) is 0.636. The van der Waals surface area contributed by atoms with E-state index in [-0.39, 0.29) is 11.7 Å². The Labute approximate surface area is 142 Å². The summed E-state index contributed by atoms with van der Waals surface area (Å²) in [5.41, 5.74) is 2.10. The third kappa shape index (κ3) is 4.34. The van der Waals surface area contributed by atoms with Gasteiger partial charge in [0, 0.05) is 19.0 Å². The second-order valence-electron chi connectivity index (χ2n) is 6.23. The van der Waals surface area contributed by atoms with E-state index in [0.29, 0.717) is 25.4 Å². The first kappa shape index (κ1) is 16.5. The van der Waals surface area contributed by atoms with Gasteiger partial charge in [-0.25, -0.2) is 4.39 Å². The van der Waals surface area contributed by atoms with Crippen LogP contribution in [0.4, 0.5) is 4.39 Å². The summed E-state index contributed by atoms with van der Waals surface area (Å²) < 4.78 is 18.1. The Morgan fingerprint density at radius 2 is 1.71 bits per heavy atom. The number of carbonyl (C=O) groups is 1. The summed E-state index contributed by atoms with van der Waals surface area (Å²) in [5, 5.41) is 0. The smallest absolute Gasteiger partial charge is 0.223 e. The molecule has 3 rings (SSSR count). The second-order valence-corrected chi connectivity index (χ2v) is 6.23. The highest BCUT2D eigenvalue weighted by molar-refractivity contribution is 5.77. The molecule has 2 aromatic rings. The fourth-order valence-corrected chi connectivity index (χ4v) is 2.78. The van der Waals surface area contributed by atoms with Crippen molar-refractivity contribution in [1.29, 1.82) is 0 Å². The molecule has 4 heteroatoms. The molecule has 24 heavy (non-hydrogen) atoms. The number of aryl methyl sites for hydroxylation is 1. The zero-order chi connectivity index (χ0) is 16.9. The lowest BCUT2D eigenvalue weighted by atomic mass is 10.1. The molecule has 2 aromatic carbocycles. The maximum absolute atomic E-state index is 12.9. The topological polar surface area (TPSA) is 29.5 Å². The van der Waals surface area contributed by atoms with E-state index in [1.54, 1.807) is 19.2 Å². The van der Waals surface area contributed by atoms with Gasteiger partial charge in [-0.15, -0.1) is 0 Å². The molecule has 1 aliphatic carbocycles. The van der Waals surface area contributed by atoms with Gasteiger partial charge in [0.25, 0.3) is 0 Å². The van der Waals surface area contributed by atoms with Gasteiger partial charge >= 0.3 is 0 Å². The number of ether oxygens (including phenoxy) is 1. The maximum atomic E-state index is 12.9. The summed E-state index contributed by atoms with van der Waals surface area (Å²) >= 11 is 0. The Hall–Kier alpha value is -2.36. The SMILES string of the molecule is COc1ccc(CN(C(=O)CCc2ccc(F)cc2)C2CC2)cc1. The normalized spacial score (nSPS) is 13.6. The van der Waals surface area contributed by atoms with Crippen molar-refractivity contribution in [3.8, 4) is 5.75 Å². The number of nitrogens with zero attached hydrogens (tertiary/aromatic N) is 1. The molecule has 0 N–H and O–H groups in total. The highest BCUT2D eigenvalue weighted by Gasteiger charge is 2.32. The Balaban J connectivity index is 1.59. The lowest BCUT2D eigenvalue weighted by Crippen LogP contribution is -2.32. The molecule has 1 saturated carbocycles. The lowest BCUT2D eigenvalue weighted by molar-refractivity contribution is -0.132. The van der Waals surface area contributed by atoms with Crippen molar-refractivity contribution in [2.75, 3.05) is 7.11 Å². The van der Waals surface area contributed by atoms with E-state index >= 15 is 0 Å². The molecule has 3 nitrogen and oxygen atoms in total. The van der Waals surface area contributed by atoms with Crippen LogP contribution in [0.15, 0.2) is 48.5 Å². The zero-order valence-electron chi connectivity index (χ0n) is 13.9. The minimum absolute atomic E-state index is 0.164. The van der Waals surface area contributed by atoms with Gasteiger partial charge in [-0.1, -0.05) is 24.3 Å². The predicted molar refractivity (Wildman–Crippen MR) is 91.3 cm³/mol. The summed E-state index contributed by atoms with van der Waals surface area (Å²) in [6.07, 6.45) is 3.26. The van der Waals surface area contributed by atoms with Crippen LogP contribution in [0.5, 0.6) is 5.75 Å². The van der Waals surface area contributed by atoms with Crippen molar-refractivity contribution in [1.82, 2.24) is 4.90 Å². The number of halogens is 1.